The summed E-state index contributed by atoms with van der Waals surface area (Å²) in [6.07, 6.45) is -1.54. The number of benzene rings is 1. The van der Waals surface area contributed by atoms with Crippen molar-refractivity contribution < 1.29 is 27.4 Å². The molecule has 202 valence electrons. The van der Waals surface area contributed by atoms with E-state index >= 15 is 0 Å². The Bertz CT molecular complexity index is 1370. The highest BCUT2D eigenvalue weighted by Crippen LogP contribution is 2.39. The van der Waals surface area contributed by atoms with Crippen LogP contribution in [-0.2, 0) is 18.0 Å². The van der Waals surface area contributed by atoms with Crippen molar-refractivity contribution in [2.24, 2.45) is 13.0 Å². The van der Waals surface area contributed by atoms with Crippen molar-refractivity contribution in [1.29, 1.82) is 5.26 Å². The number of imidazole rings is 1. The Kier molecular flexibility index (Phi) is 7.49. The first-order chi connectivity index (χ1) is 17.9. The SMILES string of the molecule is Cn1cnc2c(-c3ccc(OCCC4CCN(C(=O)OC(C)(C)C)CC4)c(C(F)(F)F)c3)nc(C#N)nc21. The van der Waals surface area contributed by atoms with Crippen molar-refractivity contribution in [2.45, 2.75) is 51.8 Å². The summed E-state index contributed by atoms with van der Waals surface area (Å²) in [5.41, 5.74) is -0.564. The molecule has 1 aliphatic heterocycles. The predicted molar refractivity (Wildman–Crippen MR) is 132 cm³/mol. The third kappa shape index (κ3) is 6.15. The van der Waals surface area contributed by atoms with Crippen molar-refractivity contribution in [2.75, 3.05) is 19.7 Å². The van der Waals surface area contributed by atoms with Gasteiger partial charge in [0.15, 0.2) is 5.65 Å². The van der Waals surface area contributed by atoms with Crippen molar-refractivity contribution in [3.05, 3.63) is 35.9 Å². The number of hydrogen-bond donors (Lipinski definition) is 0. The summed E-state index contributed by atoms with van der Waals surface area (Å²) >= 11 is 0. The lowest BCUT2D eigenvalue weighted by Gasteiger charge is -2.33. The normalized spacial score (nSPS) is 14.9. The first-order valence-electron chi connectivity index (χ1n) is 12.3. The van der Waals surface area contributed by atoms with E-state index in [0.717, 1.165) is 18.9 Å². The third-order valence-electron chi connectivity index (χ3n) is 6.27. The fraction of sp³-hybridized carbons (Fsp3) is 0.500. The molecular formula is C26H29F3N6O3. The number of carbonyl (C=O) groups excluding carboxylic acids is 1. The van der Waals surface area contributed by atoms with E-state index in [0.29, 0.717) is 30.7 Å². The number of aromatic nitrogens is 4. The van der Waals surface area contributed by atoms with Gasteiger partial charge in [-0.1, -0.05) is 0 Å². The average molecular weight is 531 g/mol. The molecule has 0 unspecified atom stereocenters. The minimum absolute atomic E-state index is 0.107. The fourth-order valence-electron chi connectivity index (χ4n) is 4.35. The standard InChI is InChI=1S/C26H29F3N6O3/c1-25(2,3)38-24(36)35-10-7-16(8-11-35)9-12-37-19-6-5-17(13-18(19)26(27,28)29)21-22-23(34(4)15-31-22)33-20(14-30)32-21/h5-6,13,15-16H,7-12H2,1-4H3. The molecule has 38 heavy (non-hydrogen) atoms. The van der Waals surface area contributed by atoms with Gasteiger partial charge < -0.3 is 18.9 Å². The number of nitrogens with zero attached hydrogens (tertiary/aromatic N) is 6. The van der Waals surface area contributed by atoms with Gasteiger partial charge >= 0.3 is 12.3 Å². The maximum Gasteiger partial charge on any atom is 0.419 e. The maximum absolute atomic E-state index is 14.0. The van der Waals surface area contributed by atoms with Crippen molar-refractivity contribution in [3.8, 4) is 23.1 Å². The Morgan fingerprint density at radius 2 is 1.89 bits per heavy atom. The maximum atomic E-state index is 14.0. The molecule has 1 fully saturated rings. The number of halogens is 3. The number of piperidine rings is 1. The van der Waals surface area contributed by atoms with E-state index in [9.17, 15) is 23.2 Å². The number of aryl methyl sites for hydroxylation is 1. The number of alkyl halides is 3. The Morgan fingerprint density at radius 1 is 1.18 bits per heavy atom. The average Bonchev–Trinajstić information content (AvgIpc) is 3.23. The highest BCUT2D eigenvalue weighted by Gasteiger charge is 2.35. The van der Waals surface area contributed by atoms with Crippen LogP contribution in [0, 0.1) is 17.2 Å². The van der Waals surface area contributed by atoms with Gasteiger partial charge in [0.2, 0.25) is 5.82 Å². The van der Waals surface area contributed by atoms with Crippen molar-refractivity contribution in [1.82, 2.24) is 24.4 Å². The molecule has 12 heteroatoms. The van der Waals surface area contributed by atoms with E-state index in [2.05, 4.69) is 15.0 Å². The third-order valence-corrected chi connectivity index (χ3v) is 6.27. The second-order valence-corrected chi connectivity index (χ2v) is 10.3. The van der Waals surface area contributed by atoms with Crippen LogP contribution in [0.25, 0.3) is 22.4 Å². The van der Waals surface area contributed by atoms with Crippen LogP contribution in [0.4, 0.5) is 18.0 Å². The summed E-state index contributed by atoms with van der Waals surface area (Å²) < 4.78 is 54.6. The van der Waals surface area contributed by atoms with E-state index in [1.54, 1.807) is 16.5 Å². The monoisotopic (exact) mass is 530 g/mol. The molecular weight excluding hydrogens is 501 g/mol. The van der Waals surface area contributed by atoms with Gasteiger partial charge in [0.25, 0.3) is 0 Å². The van der Waals surface area contributed by atoms with Gasteiger partial charge in [-0.2, -0.15) is 23.4 Å². The van der Waals surface area contributed by atoms with Crippen LogP contribution in [0.2, 0.25) is 0 Å². The number of nitriles is 1. The quantitative estimate of drug-likeness (QED) is 0.439. The van der Waals surface area contributed by atoms with E-state index < -0.39 is 17.3 Å². The summed E-state index contributed by atoms with van der Waals surface area (Å²) in [6.45, 7) is 6.62. The molecule has 1 amide bonds. The molecule has 0 N–H and O–H groups in total. The molecule has 0 spiro atoms. The zero-order valence-electron chi connectivity index (χ0n) is 21.7. The van der Waals surface area contributed by atoms with Crippen LogP contribution in [0.3, 0.4) is 0 Å². The van der Waals surface area contributed by atoms with Crippen molar-refractivity contribution in [3.63, 3.8) is 0 Å². The Labute approximate surface area is 218 Å². The lowest BCUT2D eigenvalue weighted by molar-refractivity contribution is -0.138. The Morgan fingerprint density at radius 3 is 2.53 bits per heavy atom. The first-order valence-corrected chi connectivity index (χ1v) is 12.3. The molecule has 0 bridgehead atoms. The van der Waals surface area contributed by atoms with Crippen LogP contribution >= 0.6 is 0 Å². The summed E-state index contributed by atoms with van der Waals surface area (Å²) in [6, 6.07) is 5.55. The molecule has 0 aliphatic carbocycles. The number of fused-ring (bicyclic) bond motifs is 1. The van der Waals surface area contributed by atoms with E-state index in [-0.39, 0.29) is 41.4 Å². The van der Waals surface area contributed by atoms with E-state index in [1.807, 2.05) is 26.8 Å². The van der Waals surface area contributed by atoms with Crippen LogP contribution < -0.4 is 4.74 Å². The summed E-state index contributed by atoms with van der Waals surface area (Å²) in [4.78, 5) is 26.3. The van der Waals surface area contributed by atoms with Gasteiger partial charge in [-0.3, -0.25) is 0 Å². The van der Waals surface area contributed by atoms with Crippen molar-refractivity contribution >= 4 is 17.3 Å². The van der Waals surface area contributed by atoms with Crippen LogP contribution in [0.5, 0.6) is 5.75 Å². The number of ether oxygens (including phenoxy) is 2. The van der Waals surface area contributed by atoms with Crippen LogP contribution in [0.15, 0.2) is 24.5 Å². The fourth-order valence-corrected chi connectivity index (χ4v) is 4.35. The van der Waals surface area contributed by atoms with Gasteiger partial charge in [-0.15, -0.1) is 0 Å². The number of amides is 1. The molecule has 2 aromatic heterocycles. The largest absolute Gasteiger partial charge is 0.493 e. The molecule has 1 aromatic carbocycles. The summed E-state index contributed by atoms with van der Waals surface area (Å²) in [7, 11) is 1.67. The van der Waals surface area contributed by atoms with Crippen LogP contribution in [0.1, 0.15) is 51.4 Å². The summed E-state index contributed by atoms with van der Waals surface area (Å²) in [5, 5.41) is 9.29. The highest BCUT2D eigenvalue weighted by atomic mass is 19.4. The first kappa shape index (κ1) is 27.2. The zero-order valence-corrected chi connectivity index (χ0v) is 21.7. The number of likely N-dealkylation sites (tertiary alicyclic amines) is 1. The van der Waals surface area contributed by atoms with Gasteiger partial charge in [0.05, 0.1) is 18.5 Å². The van der Waals surface area contributed by atoms with Gasteiger partial charge in [0, 0.05) is 25.7 Å². The molecule has 4 rings (SSSR count). The Hall–Kier alpha value is -3.88. The molecule has 9 nitrogen and oxygen atoms in total. The Balaban J connectivity index is 1.45. The number of rotatable bonds is 5. The molecule has 3 aromatic rings. The second kappa shape index (κ2) is 10.5. The zero-order chi connectivity index (χ0) is 27.7. The van der Waals surface area contributed by atoms with E-state index in [4.69, 9.17) is 9.47 Å². The molecule has 3 heterocycles. The van der Waals surface area contributed by atoms with Gasteiger partial charge in [-0.05, 0) is 64.2 Å². The minimum Gasteiger partial charge on any atom is -0.493 e. The molecule has 0 radical (unpaired) electrons. The second-order valence-electron chi connectivity index (χ2n) is 10.3. The van der Waals surface area contributed by atoms with Gasteiger partial charge in [-0.25, -0.2) is 14.8 Å². The predicted octanol–water partition coefficient (Wildman–Crippen LogP) is 5.34. The number of hydrogen-bond acceptors (Lipinski definition) is 7. The molecule has 1 aliphatic rings. The molecule has 0 atom stereocenters. The lowest BCUT2D eigenvalue weighted by atomic mass is 9.94. The highest BCUT2D eigenvalue weighted by molar-refractivity contribution is 5.88. The van der Waals surface area contributed by atoms with Crippen LogP contribution in [-0.4, -0.2) is 55.8 Å². The van der Waals surface area contributed by atoms with E-state index in [1.165, 1.54) is 18.5 Å². The van der Waals surface area contributed by atoms with Gasteiger partial charge in [0.1, 0.15) is 28.6 Å². The minimum atomic E-state index is -4.67. The molecule has 0 saturated carbocycles. The topological polar surface area (TPSA) is 106 Å². The number of carbonyl (C=O) groups is 1. The summed E-state index contributed by atoms with van der Waals surface area (Å²) in [5.74, 6) is -0.216. The lowest BCUT2D eigenvalue weighted by Crippen LogP contribution is -2.41. The smallest absolute Gasteiger partial charge is 0.419 e. The molecule has 1 saturated heterocycles.